The van der Waals surface area contributed by atoms with Crippen molar-refractivity contribution in [1.29, 1.82) is 0 Å². The molecule has 2 heteroatoms. The Bertz CT molecular complexity index is 206. The van der Waals surface area contributed by atoms with Crippen molar-refractivity contribution in [2.24, 2.45) is 5.41 Å². The van der Waals surface area contributed by atoms with E-state index >= 15 is 0 Å². The summed E-state index contributed by atoms with van der Waals surface area (Å²) in [5.41, 5.74) is 0.659. The van der Waals surface area contributed by atoms with Crippen molar-refractivity contribution in [3.05, 3.63) is 11.6 Å². The van der Waals surface area contributed by atoms with Crippen LogP contribution in [-0.4, -0.2) is 12.6 Å². The van der Waals surface area contributed by atoms with E-state index in [1.807, 2.05) is 0 Å². The second-order valence-corrected chi connectivity index (χ2v) is 5.09. The molecule has 0 aromatic heterocycles. The van der Waals surface area contributed by atoms with Gasteiger partial charge in [0, 0.05) is 17.6 Å². The van der Waals surface area contributed by atoms with E-state index in [-0.39, 0.29) is 0 Å². The largest absolute Gasteiger partial charge is 0.308 e. The van der Waals surface area contributed by atoms with Gasteiger partial charge in [-0.25, -0.2) is 0 Å². The fraction of sp³-hybridized carbons (Fsp3) is 0.818. The normalized spacial score (nSPS) is 30.4. The van der Waals surface area contributed by atoms with Crippen LogP contribution in [0, 0.1) is 5.41 Å². The second-order valence-electron chi connectivity index (χ2n) is 4.56. The molecule has 0 heterocycles. The van der Waals surface area contributed by atoms with Gasteiger partial charge in [0.25, 0.3) is 0 Å². The van der Waals surface area contributed by atoms with E-state index in [4.69, 9.17) is 11.6 Å². The maximum atomic E-state index is 5.74. The van der Waals surface area contributed by atoms with Gasteiger partial charge in [0.2, 0.25) is 0 Å². The Morgan fingerprint density at radius 3 is 2.54 bits per heavy atom. The summed E-state index contributed by atoms with van der Waals surface area (Å²) in [5, 5.41) is 4.26. The first-order chi connectivity index (χ1) is 6.23. The lowest BCUT2D eigenvalue weighted by Crippen LogP contribution is -2.52. The molecule has 1 spiro atoms. The Labute approximate surface area is 85.5 Å². The molecule has 2 saturated carbocycles. The Morgan fingerprint density at radius 2 is 2.08 bits per heavy atom. The maximum absolute atomic E-state index is 5.74. The fourth-order valence-corrected chi connectivity index (χ4v) is 3.00. The van der Waals surface area contributed by atoms with Crippen LogP contribution in [0.15, 0.2) is 11.6 Å². The smallest absolute Gasteiger partial charge is 0.0310 e. The van der Waals surface area contributed by atoms with E-state index in [1.165, 1.54) is 38.5 Å². The molecule has 1 N–H and O–H groups in total. The van der Waals surface area contributed by atoms with Crippen LogP contribution in [0.4, 0.5) is 0 Å². The third-order valence-electron chi connectivity index (χ3n) is 3.81. The molecular weight excluding hydrogens is 182 g/mol. The molecule has 2 aliphatic rings. The molecule has 0 saturated heterocycles. The fourth-order valence-electron chi connectivity index (χ4n) is 2.93. The quantitative estimate of drug-likeness (QED) is 0.737. The molecule has 0 aromatic rings. The summed E-state index contributed by atoms with van der Waals surface area (Å²) in [4.78, 5) is 0. The molecular formula is C11H18ClN. The first-order valence-electron chi connectivity index (χ1n) is 5.30. The van der Waals surface area contributed by atoms with Crippen LogP contribution in [0.5, 0.6) is 0 Å². The van der Waals surface area contributed by atoms with Gasteiger partial charge in [-0.2, -0.15) is 0 Å². The first kappa shape index (κ1) is 9.54. The predicted octanol–water partition coefficient (Wildman–Crippen LogP) is 3.05. The highest BCUT2D eigenvalue weighted by Crippen LogP contribution is 2.53. The van der Waals surface area contributed by atoms with Crippen LogP contribution >= 0.6 is 11.6 Å². The minimum absolute atomic E-state index is 0.659. The molecule has 2 fully saturated rings. The van der Waals surface area contributed by atoms with Crippen molar-refractivity contribution in [1.82, 2.24) is 5.32 Å². The van der Waals surface area contributed by atoms with Gasteiger partial charge in [0.1, 0.15) is 0 Å². The number of hydrogen-bond donors (Lipinski definition) is 1. The lowest BCUT2D eigenvalue weighted by molar-refractivity contribution is 0.0757. The van der Waals surface area contributed by atoms with E-state index < -0.39 is 0 Å². The van der Waals surface area contributed by atoms with Crippen LogP contribution < -0.4 is 5.32 Å². The molecule has 0 radical (unpaired) electrons. The van der Waals surface area contributed by atoms with Crippen molar-refractivity contribution < 1.29 is 0 Å². The van der Waals surface area contributed by atoms with Crippen molar-refractivity contribution in [2.75, 3.05) is 6.54 Å². The van der Waals surface area contributed by atoms with Gasteiger partial charge in [-0.15, -0.1) is 0 Å². The SMILES string of the molecule is C=C(Cl)CNC1CCC12CCCC2. The topological polar surface area (TPSA) is 12.0 Å². The molecule has 0 amide bonds. The van der Waals surface area contributed by atoms with E-state index in [0.29, 0.717) is 5.41 Å². The van der Waals surface area contributed by atoms with Gasteiger partial charge in [-0.1, -0.05) is 31.0 Å². The zero-order valence-electron chi connectivity index (χ0n) is 8.11. The molecule has 0 bridgehead atoms. The zero-order chi connectivity index (χ0) is 9.31. The summed E-state index contributed by atoms with van der Waals surface area (Å²) in [7, 11) is 0. The molecule has 2 aliphatic carbocycles. The standard InChI is InChI=1S/C11H18ClN/c1-9(12)8-13-10-4-7-11(10)5-2-3-6-11/h10,13H,1-8H2. The number of nitrogens with one attached hydrogen (secondary N) is 1. The van der Waals surface area contributed by atoms with Crippen LogP contribution in [0.2, 0.25) is 0 Å². The van der Waals surface area contributed by atoms with Crippen LogP contribution in [0.25, 0.3) is 0 Å². The van der Waals surface area contributed by atoms with Crippen molar-refractivity contribution in [3.8, 4) is 0 Å². The van der Waals surface area contributed by atoms with Crippen molar-refractivity contribution in [2.45, 2.75) is 44.6 Å². The molecule has 0 aliphatic heterocycles. The first-order valence-corrected chi connectivity index (χ1v) is 5.67. The summed E-state index contributed by atoms with van der Waals surface area (Å²) in [6.07, 6.45) is 8.49. The van der Waals surface area contributed by atoms with E-state index in [2.05, 4.69) is 11.9 Å². The Hall–Kier alpha value is -0.0100. The molecule has 74 valence electrons. The highest BCUT2D eigenvalue weighted by atomic mass is 35.5. The van der Waals surface area contributed by atoms with Crippen molar-refractivity contribution >= 4 is 11.6 Å². The van der Waals surface area contributed by atoms with Gasteiger partial charge < -0.3 is 5.32 Å². The Kier molecular flexibility index (Phi) is 2.66. The molecule has 1 nitrogen and oxygen atoms in total. The summed E-state index contributed by atoms with van der Waals surface area (Å²) in [6, 6.07) is 0.727. The molecule has 2 rings (SSSR count). The third kappa shape index (κ3) is 1.77. The number of halogens is 1. The minimum Gasteiger partial charge on any atom is -0.308 e. The molecule has 0 aromatic carbocycles. The van der Waals surface area contributed by atoms with Gasteiger partial charge in [0.15, 0.2) is 0 Å². The molecule has 13 heavy (non-hydrogen) atoms. The minimum atomic E-state index is 0.659. The average molecular weight is 200 g/mol. The predicted molar refractivity (Wildman–Crippen MR) is 56.9 cm³/mol. The average Bonchev–Trinajstić information content (AvgIpc) is 2.51. The highest BCUT2D eigenvalue weighted by molar-refractivity contribution is 6.29. The second kappa shape index (κ2) is 3.62. The summed E-state index contributed by atoms with van der Waals surface area (Å²) >= 11 is 5.74. The van der Waals surface area contributed by atoms with Gasteiger partial charge in [-0.05, 0) is 31.1 Å². The number of hydrogen-bond acceptors (Lipinski definition) is 1. The van der Waals surface area contributed by atoms with E-state index in [0.717, 1.165) is 17.6 Å². The Morgan fingerprint density at radius 1 is 1.38 bits per heavy atom. The molecule has 1 atom stereocenters. The molecule has 1 unspecified atom stereocenters. The highest BCUT2D eigenvalue weighted by Gasteiger charge is 2.47. The van der Waals surface area contributed by atoms with E-state index in [9.17, 15) is 0 Å². The lowest BCUT2D eigenvalue weighted by atomic mass is 9.63. The number of rotatable bonds is 3. The van der Waals surface area contributed by atoms with Gasteiger partial charge in [0.05, 0.1) is 0 Å². The summed E-state index contributed by atoms with van der Waals surface area (Å²) in [5.74, 6) is 0. The third-order valence-corrected chi connectivity index (χ3v) is 3.94. The van der Waals surface area contributed by atoms with Crippen LogP contribution in [-0.2, 0) is 0 Å². The van der Waals surface area contributed by atoms with E-state index in [1.54, 1.807) is 0 Å². The summed E-state index contributed by atoms with van der Waals surface area (Å²) < 4.78 is 0. The van der Waals surface area contributed by atoms with Gasteiger partial charge in [-0.3, -0.25) is 0 Å². The van der Waals surface area contributed by atoms with Crippen LogP contribution in [0.3, 0.4) is 0 Å². The van der Waals surface area contributed by atoms with Gasteiger partial charge >= 0.3 is 0 Å². The zero-order valence-corrected chi connectivity index (χ0v) is 8.87. The lowest BCUT2D eigenvalue weighted by Gasteiger charge is -2.48. The summed E-state index contributed by atoms with van der Waals surface area (Å²) in [6.45, 7) is 4.49. The van der Waals surface area contributed by atoms with Crippen LogP contribution in [0.1, 0.15) is 38.5 Å². The maximum Gasteiger partial charge on any atom is 0.0310 e. The monoisotopic (exact) mass is 199 g/mol. The van der Waals surface area contributed by atoms with Crippen molar-refractivity contribution in [3.63, 3.8) is 0 Å². The Balaban J connectivity index is 1.83.